The van der Waals surface area contributed by atoms with E-state index >= 15 is 0 Å². The van der Waals surface area contributed by atoms with Crippen LogP contribution in [0.15, 0.2) is 16.5 Å². The Morgan fingerprint density at radius 3 is 3.00 bits per heavy atom. The van der Waals surface area contributed by atoms with Gasteiger partial charge in [0.25, 0.3) is 0 Å². The molecule has 0 aliphatic heterocycles. The first kappa shape index (κ1) is 7.90. The van der Waals surface area contributed by atoms with E-state index in [0.717, 1.165) is 0 Å². The third-order valence-electron chi connectivity index (χ3n) is 1.02. The summed E-state index contributed by atoms with van der Waals surface area (Å²) in [5.74, 6) is 6.26. The molecule has 0 aromatic carbocycles. The number of carbonyl (C=O) groups excluding carboxylic acids is 1. The Bertz CT molecular complexity index is 303. The summed E-state index contributed by atoms with van der Waals surface area (Å²) in [5, 5.41) is 0. The monoisotopic (exact) mass is 168 g/mol. The van der Waals surface area contributed by atoms with Gasteiger partial charge in [-0.25, -0.2) is 0 Å². The number of halogens is 1. The van der Waals surface area contributed by atoms with Gasteiger partial charge in [-0.2, -0.15) is 0 Å². The van der Waals surface area contributed by atoms with E-state index in [1.165, 1.54) is 0 Å². The summed E-state index contributed by atoms with van der Waals surface area (Å²) in [5.41, 5.74) is 0. The molecule has 0 N–H and O–H groups in total. The first-order chi connectivity index (χ1) is 5.36. The Hall–Kier alpha value is -1.20. The van der Waals surface area contributed by atoms with Crippen molar-refractivity contribution in [3.8, 4) is 11.8 Å². The Balaban J connectivity index is 2.80. The van der Waals surface area contributed by atoms with Crippen molar-refractivity contribution in [3.63, 3.8) is 0 Å². The average Bonchev–Trinajstić information content (AvgIpc) is 2.48. The zero-order valence-electron chi connectivity index (χ0n) is 5.63. The number of hydrogen-bond acceptors (Lipinski definition) is 2. The normalized spacial score (nSPS) is 8.45. The summed E-state index contributed by atoms with van der Waals surface area (Å²) in [4.78, 5) is 10.1. The number of carbonyl (C=O) groups is 1. The van der Waals surface area contributed by atoms with Crippen molar-refractivity contribution in [1.82, 2.24) is 0 Å². The van der Waals surface area contributed by atoms with Gasteiger partial charge in [0.2, 0.25) is 0 Å². The molecule has 1 aromatic rings. The van der Waals surface area contributed by atoms with Crippen molar-refractivity contribution in [2.45, 2.75) is 0 Å². The lowest BCUT2D eigenvalue weighted by Gasteiger charge is -1.77. The summed E-state index contributed by atoms with van der Waals surface area (Å²) < 4.78 is 4.93. The summed E-state index contributed by atoms with van der Waals surface area (Å²) in [6.07, 6.45) is 0.631. The second-order valence-corrected chi connectivity index (χ2v) is 2.02. The Morgan fingerprint density at radius 2 is 2.45 bits per heavy atom. The quantitative estimate of drug-likeness (QED) is 0.363. The topological polar surface area (TPSA) is 30.2 Å². The molecule has 2 nitrogen and oxygen atoms in total. The van der Waals surface area contributed by atoms with Crippen molar-refractivity contribution >= 4 is 17.9 Å². The molecule has 0 aliphatic carbocycles. The number of hydrogen-bond donors (Lipinski definition) is 0. The van der Waals surface area contributed by atoms with Gasteiger partial charge in [0.15, 0.2) is 17.8 Å². The smallest absolute Gasteiger partial charge is 0.185 e. The van der Waals surface area contributed by atoms with E-state index in [1.807, 2.05) is 0 Å². The molecule has 1 aromatic heterocycles. The highest BCUT2D eigenvalue weighted by atomic mass is 35.5. The van der Waals surface area contributed by atoms with Crippen LogP contribution in [0.1, 0.15) is 16.3 Å². The van der Waals surface area contributed by atoms with Gasteiger partial charge in [-0.3, -0.25) is 4.79 Å². The molecular formula is C8H5ClO2. The van der Waals surface area contributed by atoms with Crippen LogP contribution in [0.5, 0.6) is 0 Å². The number of aldehydes is 1. The first-order valence-electron chi connectivity index (χ1n) is 2.96. The van der Waals surface area contributed by atoms with Gasteiger partial charge in [-0.05, 0) is 18.1 Å². The molecule has 3 heteroatoms. The highest BCUT2D eigenvalue weighted by Crippen LogP contribution is 2.02. The lowest BCUT2D eigenvalue weighted by atomic mass is 10.4. The van der Waals surface area contributed by atoms with Gasteiger partial charge in [-0.1, -0.05) is 5.92 Å². The van der Waals surface area contributed by atoms with Crippen molar-refractivity contribution in [2.24, 2.45) is 0 Å². The fourth-order valence-electron chi connectivity index (χ4n) is 0.604. The maximum absolute atomic E-state index is 10.1. The maximum Gasteiger partial charge on any atom is 0.185 e. The summed E-state index contributed by atoms with van der Waals surface area (Å²) in [6, 6.07) is 3.19. The van der Waals surface area contributed by atoms with Crippen molar-refractivity contribution in [3.05, 3.63) is 23.7 Å². The lowest BCUT2D eigenvalue weighted by molar-refractivity contribution is 0.110. The van der Waals surface area contributed by atoms with Crippen LogP contribution in [-0.2, 0) is 0 Å². The Morgan fingerprint density at radius 1 is 1.64 bits per heavy atom. The van der Waals surface area contributed by atoms with E-state index in [-0.39, 0.29) is 11.6 Å². The molecule has 0 aliphatic rings. The molecule has 0 radical (unpaired) electrons. The third kappa shape index (κ3) is 2.14. The molecule has 0 fully saturated rings. The number of rotatable bonds is 1. The average molecular weight is 169 g/mol. The molecule has 0 saturated heterocycles. The minimum atomic E-state index is 0.261. The van der Waals surface area contributed by atoms with Gasteiger partial charge in [-0.15, -0.1) is 11.6 Å². The molecule has 11 heavy (non-hydrogen) atoms. The van der Waals surface area contributed by atoms with Crippen LogP contribution in [0.25, 0.3) is 0 Å². The van der Waals surface area contributed by atoms with Gasteiger partial charge in [0.1, 0.15) is 0 Å². The molecule has 0 saturated carbocycles. The second kappa shape index (κ2) is 3.85. The standard InChI is InChI=1S/C8H5ClO2/c9-5-1-2-7-3-4-8(6-10)11-7/h3-4,6H,5H2. The number of furan rings is 1. The van der Waals surface area contributed by atoms with Crippen molar-refractivity contribution < 1.29 is 9.21 Å². The van der Waals surface area contributed by atoms with Gasteiger partial charge in [0, 0.05) is 0 Å². The molecule has 0 unspecified atom stereocenters. The minimum Gasteiger partial charge on any atom is -0.445 e. The van der Waals surface area contributed by atoms with Gasteiger partial charge < -0.3 is 4.42 Å². The van der Waals surface area contributed by atoms with Crippen LogP contribution in [0.2, 0.25) is 0 Å². The maximum atomic E-state index is 10.1. The van der Waals surface area contributed by atoms with Gasteiger partial charge in [0.05, 0.1) is 5.88 Å². The van der Waals surface area contributed by atoms with Gasteiger partial charge >= 0.3 is 0 Å². The number of alkyl halides is 1. The molecule has 0 amide bonds. The predicted molar refractivity (Wildman–Crippen MR) is 41.7 cm³/mol. The largest absolute Gasteiger partial charge is 0.445 e. The van der Waals surface area contributed by atoms with E-state index in [0.29, 0.717) is 12.0 Å². The fourth-order valence-corrected chi connectivity index (χ4v) is 0.671. The lowest BCUT2D eigenvalue weighted by Crippen LogP contribution is -1.69. The molecule has 0 bridgehead atoms. The van der Waals surface area contributed by atoms with E-state index in [1.54, 1.807) is 12.1 Å². The van der Waals surface area contributed by atoms with Crippen LogP contribution in [0.3, 0.4) is 0 Å². The Kier molecular flexibility index (Phi) is 2.76. The molecular weight excluding hydrogens is 164 g/mol. The van der Waals surface area contributed by atoms with Crippen LogP contribution in [0, 0.1) is 11.8 Å². The fraction of sp³-hybridized carbons (Fsp3) is 0.125. The van der Waals surface area contributed by atoms with Crippen LogP contribution < -0.4 is 0 Å². The van der Waals surface area contributed by atoms with Crippen LogP contribution >= 0.6 is 11.6 Å². The molecule has 0 spiro atoms. The minimum absolute atomic E-state index is 0.261. The van der Waals surface area contributed by atoms with Crippen molar-refractivity contribution in [2.75, 3.05) is 5.88 Å². The van der Waals surface area contributed by atoms with E-state index in [4.69, 9.17) is 16.0 Å². The molecule has 1 heterocycles. The SMILES string of the molecule is O=Cc1ccc(C#CCCl)o1. The van der Waals surface area contributed by atoms with Crippen LogP contribution in [-0.4, -0.2) is 12.2 Å². The Labute approximate surface area is 69.1 Å². The molecule has 1 rings (SSSR count). The first-order valence-corrected chi connectivity index (χ1v) is 3.50. The zero-order chi connectivity index (χ0) is 8.10. The summed E-state index contributed by atoms with van der Waals surface area (Å²) in [6.45, 7) is 0. The second-order valence-electron chi connectivity index (χ2n) is 1.76. The zero-order valence-corrected chi connectivity index (χ0v) is 6.39. The third-order valence-corrected chi connectivity index (χ3v) is 1.15. The molecule has 0 atom stereocenters. The van der Waals surface area contributed by atoms with E-state index in [9.17, 15) is 4.79 Å². The predicted octanol–water partition coefficient (Wildman–Crippen LogP) is 1.68. The van der Waals surface area contributed by atoms with Crippen molar-refractivity contribution in [1.29, 1.82) is 0 Å². The summed E-state index contributed by atoms with van der Waals surface area (Å²) in [7, 11) is 0. The molecule has 56 valence electrons. The highest BCUT2D eigenvalue weighted by Gasteiger charge is 1.95. The summed E-state index contributed by atoms with van der Waals surface area (Å²) >= 11 is 5.31. The highest BCUT2D eigenvalue weighted by molar-refractivity contribution is 6.19. The van der Waals surface area contributed by atoms with E-state index in [2.05, 4.69) is 11.8 Å². The van der Waals surface area contributed by atoms with Crippen LogP contribution in [0.4, 0.5) is 0 Å². The van der Waals surface area contributed by atoms with E-state index < -0.39 is 0 Å².